The fraction of sp³-hybridized carbons (Fsp3) is 0.375. The first-order chi connectivity index (χ1) is 14.2. The van der Waals surface area contributed by atoms with Crippen LogP contribution >= 0.6 is 11.8 Å². The van der Waals surface area contributed by atoms with Crippen molar-refractivity contribution in [2.75, 3.05) is 4.90 Å². The second-order valence-corrected chi connectivity index (χ2v) is 10.1. The summed E-state index contributed by atoms with van der Waals surface area (Å²) in [4.78, 5) is 15.0. The molecule has 0 bridgehead atoms. The fourth-order valence-corrected chi connectivity index (χ4v) is 4.52. The molecule has 6 heteroatoms. The van der Waals surface area contributed by atoms with Crippen molar-refractivity contribution < 1.29 is 9.21 Å². The van der Waals surface area contributed by atoms with E-state index >= 15 is 0 Å². The number of fused-ring (bicyclic) bond motifs is 1. The average Bonchev–Trinajstić information content (AvgIpc) is 3.30. The number of rotatable bonds is 4. The molecule has 4 rings (SSSR count). The monoisotopic (exact) mass is 421 g/mol. The van der Waals surface area contributed by atoms with Gasteiger partial charge >= 0.3 is 0 Å². The van der Waals surface area contributed by atoms with Gasteiger partial charge in [0.05, 0.1) is 5.25 Å². The van der Waals surface area contributed by atoms with Crippen molar-refractivity contribution >= 4 is 23.4 Å². The lowest BCUT2D eigenvalue weighted by atomic mass is 9.87. The summed E-state index contributed by atoms with van der Waals surface area (Å²) in [5, 5.41) is 8.41. The second-order valence-electron chi connectivity index (χ2n) is 8.85. The van der Waals surface area contributed by atoms with Crippen LogP contribution in [-0.4, -0.2) is 27.4 Å². The van der Waals surface area contributed by atoms with E-state index < -0.39 is 0 Å². The summed E-state index contributed by atoms with van der Waals surface area (Å²) >= 11 is 1.31. The van der Waals surface area contributed by atoms with E-state index in [0.717, 1.165) is 17.7 Å². The van der Waals surface area contributed by atoms with Crippen molar-refractivity contribution in [1.29, 1.82) is 0 Å². The molecule has 0 saturated heterocycles. The first kappa shape index (κ1) is 20.7. The Labute approximate surface area is 181 Å². The number of nitrogens with zero attached hydrogens (tertiary/aromatic N) is 3. The van der Waals surface area contributed by atoms with E-state index in [0.29, 0.717) is 11.1 Å². The molecule has 0 radical (unpaired) electrons. The molecule has 0 aliphatic carbocycles. The third-order valence-electron chi connectivity index (χ3n) is 5.47. The normalized spacial score (nSPS) is 17.1. The van der Waals surface area contributed by atoms with Crippen LogP contribution in [0.1, 0.15) is 45.7 Å². The van der Waals surface area contributed by atoms with Gasteiger partial charge in [-0.25, -0.2) is 0 Å². The summed E-state index contributed by atoms with van der Waals surface area (Å²) in [7, 11) is 0. The first-order valence-electron chi connectivity index (χ1n) is 10.3. The Morgan fingerprint density at radius 3 is 2.53 bits per heavy atom. The number of aromatic nitrogens is 2. The number of para-hydroxylation sites is 1. The molecular formula is C24H27N3O2S. The Morgan fingerprint density at radius 2 is 1.83 bits per heavy atom. The molecule has 0 saturated carbocycles. The van der Waals surface area contributed by atoms with Gasteiger partial charge in [-0.2, -0.15) is 0 Å². The quantitative estimate of drug-likeness (QED) is 0.521. The zero-order chi connectivity index (χ0) is 21.5. The molecule has 3 aromatic rings. The van der Waals surface area contributed by atoms with Gasteiger partial charge in [0.1, 0.15) is 0 Å². The fourth-order valence-electron chi connectivity index (χ4n) is 3.79. The Bertz CT molecular complexity index is 1050. The number of carbonyl (C=O) groups is 1. The minimum absolute atomic E-state index is 0.0618. The molecule has 5 nitrogen and oxygen atoms in total. The van der Waals surface area contributed by atoms with Crippen LogP contribution in [0.4, 0.5) is 5.69 Å². The van der Waals surface area contributed by atoms with Gasteiger partial charge < -0.3 is 9.32 Å². The lowest BCUT2D eigenvalue weighted by Crippen LogP contribution is -2.40. The zero-order valence-electron chi connectivity index (χ0n) is 18.0. The smallest absolute Gasteiger partial charge is 0.277 e. The number of hydrogen-bond acceptors (Lipinski definition) is 5. The predicted octanol–water partition coefficient (Wildman–Crippen LogP) is 5.49. The number of thioether (sulfide) groups is 1. The molecule has 2 atom stereocenters. The lowest BCUT2D eigenvalue weighted by Gasteiger charge is -2.25. The van der Waals surface area contributed by atoms with Crippen LogP contribution in [0.2, 0.25) is 0 Å². The predicted molar refractivity (Wildman–Crippen MR) is 121 cm³/mol. The molecule has 1 aliphatic rings. The molecule has 0 fully saturated rings. The highest BCUT2D eigenvalue weighted by Gasteiger charge is 2.34. The van der Waals surface area contributed by atoms with Crippen LogP contribution in [0.25, 0.3) is 11.5 Å². The number of hydrogen-bond donors (Lipinski definition) is 0. The molecule has 156 valence electrons. The number of carbonyl (C=O) groups excluding carboxylic acids is 1. The molecule has 2 aromatic carbocycles. The average molecular weight is 422 g/mol. The summed E-state index contributed by atoms with van der Waals surface area (Å²) in [5.41, 5.74) is 4.44. The molecular weight excluding hydrogens is 394 g/mol. The van der Waals surface area contributed by atoms with Crippen molar-refractivity contribution in [3.63, 3.8) is 0 Å². The molecule has 2 heterocycles. The first-order valence-corrected chi connectivity index (χ1v) is 11.1. The summed E-state index contributed by atoms with van der Waals surface area (Å²) in [5.74, 6) is 0.532. The number of amides is 1. The van der Waals surface area contributed by atoms with E-state index in [1.807, 2.05) is 42.2 Å². The van der Waals surface area contributed by atoms with Crippen LogP contribution in [0.15, 0.2) is 58.2 Å². The van der Waals surface area contributed by atoms with E-state index in [1.165, 1.54) is 22.9 Å². The highest BCUT2D eigenvalue weighted by atomic mass is 32.2. The van der Waals surface area contributed by atoms with Crippen LogP contribution < -0.4 is 4.90 Å². The molecule has 1 aromatic heterocycles. The maximum absolute atomic E-state index is 13.1. The molecule has 0 N–H and O–H groups in total. The van der Waals surface area contributed by atoms with Crippen molar-refractivity contribution in [2.24, 2.45) is 0 Å². The maximum atomic E-state index is 13.1. The highest BCUT2D eigenvalue weighted by molar-refractivity contribution is 8.00. The SMILES string of the molecule is CC(Sc1nnc(-c2ccc(C(C)(C)C)cc2)o1)C(=O)N1c2ccccc2CC1C. The van der Waals surface area contributed by atoms with E-state index in [4.69, 9.17) is 4.42 Å². The van der Waals surface area contributed by atoms with Crippen molar-refractivity contribution in [2.45, 2.75) is 63.0 Å². The van der Waals surface area contributed by atoms with Gasteiger partial charge in [0.25, 0.3) is 5.22 Å². The van der Waals surface area contributed by atoms with Crippen LogP contribution in [0.5, 0.6) is 0 Å². The van der Waals surface area contributed by atoms with Gasteiger partial charge in [-0.3, -0.25) is 4.79 Å². The van der Waals surface area contributed by atoms with Crippen LogP contribution in [0, 0.1) is 0 Å². The molecule has 1 amide bonds. The van der Waals surface area contributed by atoms with Crippen molar-refractivity contribution in [3.8, 4) is 11.5 Å². The lowest BCUT2D eigenvalue weighted by molar-refractivity contribution is -0.118. The second kappa shape index (κ2) is 7.91. The largest absolute Gasteiger partial charge is 0.411 e. The minimum atomic E-state index is -0.324. The van der Waals surface area contributed by atoms with Gasteiger partial charge in [-0.1, -0.05) is 62.9 Å². The van der Waals surface area contributed by atoms with Crippen LogP contribution in [0.3, 0.4) is 0 Å². The Balaban J connectivity index is 1.47. The number of anilines is 1. The molecule has 1 aliphatic heterocycles. The van der Waals surface area contributed by atoms with Gasteiger partial charge in [0, 0.05) is 17.3 Å². The molecule has 2 unspecified atom stereocenters. The maximum Gasteiger partial charge on any atom is 0.277 e. The summed E-state index contributed by atoms with van der Waals surface area (Å²) in [6, 6.07) is 16.4. The third-order valence-corrected chi connectivity index (χ3v) is 6.40. The highest BCUT2D eigenvalue weighted by Crippen LogP contribution is 2.35. The summed E-state index contributed by atoms with van der Waals surface area (Å²) in [6.07, 6.45) is 0.883. The molecule has 0 spiro atoms. The van der Waals surface area contributed by atoms with Gasteiger partial charge in [-0.05, 0) is 55.0 Å². The Morgan fingerprint density at radius 1 is 1.13 bits per heavy atom. The standard InChI is InChI=1S/C24H27N3O2S/c1-15-14-18-8-6-7-9-20(18)27(15)22(28)16(2)30-23-26-25-21(29-23)17-10-12-19(13-11-17)24(3,4)5/h6-13,15-16H,14H2,1-5H3. The van der Waals surface area contributed by atoms with Gasteiger partial charge in [0.15, 0.2) is 0 Å². The van der Waals surface area contributed by atoms with Gasteiger partial charge in [-0.15, -0.1) is 10.2 Å². The Kier molecular flexibility index (Phi) is 5.45. The van der Waals surface area contributed by atoms with E-state index in [2.05, 4.69) is 56.1 Å². The van der Waals surface area contributed by atoms with E-state index in [-0.39, 0.29) is 22.6 Å². The number of benzene rings is 2. The zero-order valence-corrected chi connectivity index (χ0v) is 18.9. The van der Waals surface area contributed by atoms with Crippen LogP contribution in [-0.2, 0) is 16.6 Å². The third kappa shape index (κ3) is 4.01. The minimum Gasteiger partial charge on any atom is -0.411 e. The van der Waals surface area contributed by atoms with Crippen molar-refractivity contribution in [1.82, 2.24) is 10.2 Å². The Hall–Kier alpha value is -2.60. The van der Waals surface area contributed by atoms with Gasteiger partial charge in [0.2, 0.25) is 11.8 Å². The van der Waals surface area contributed by atoms with Crippen molar-refractivity contribution in [3.05, 3.63) is 59.7 Å². The summed E-state index contributed by atoms with van der Waals surface area (Å²) < 4.78 is 5.84. The van der Waals surface area contributed by atoms with E-state index in [9.17, 15) is 4.79 Å². The molecule has 30 heavy (non-hydrogen) atoms. The summed E-state index contributed by atoms with van der Waals surface area (Å²) in [6.45, 7) is 10.5. The van der Waals surface area contributed by atoms with E-state index in [1.54, 1.807) is 0 Å². The topological polar surface area (TPSA) is 59.2 Å².